The summed E-state index contributed by atoms with van der Waals surface area (Å²) in [5.41, 5.74) is -0.303. The Morgan fingerprint density at radius 2 is 2.03 bits per heavy atom. The van der Waals surface area contributed by atoms with Crippen LogP contribution in [-0.2, 0) is 26.2 Å². The van der Waals surface area contributed by atoms with Crippen molar-refractivity contribution in [2.24, 2.45) is 11.8 Å². The molecular formula is C23H29FN4O6S. The fourth-order valence-corrected chi connectivity index (χ4v) is 7.02. The Labute approximate surface area is 202 Å². The molecule has 1 unspecified atom stereocenters. The third kappa shape index (κ3) is 4.16. The van der Waals surface area contributed by atoms with Crippen LogP contribution in [0.2, 0.25) is 0 Å². The quantitative estimate of drug-likeness (QED) is 0.434. The molecule has 0 bridgehead atoms. The van der Waals surface area contributed by atoms with Gasteiger partial charge in [0.25, 0.3) is 5.91 Å². The Morgan fingerprint density at radius 1 is 1.29 bits per heavy atom. The number of nitrogens with zero attached hydrogens (tertiary/aromatic N) is 1. The van der Waals surface area contributed by atoms with Crippen molar-refractivity contribution in [3.05, 3.63) is 35.1 Å². The van der Waals surface area contributed by atoms with Crippen LogP contribution in [0.5, 0.6) is 0 Å². The molecule has 190 valence electrons. The van der Waals surface area contributed by atoms with Gasteiger partial charge in [0.05, 0.1) is 23.9 Å². The van der Waals surface area contributed by atoms with Crippen LogP contribution < -0.4 is 15.4 Å². The van der Waals surface area contributed by atoms with Crippen molar-refractivity contribution in [1.29, 1.82) is 0 Å². The highest BCUT2D eigenvalue weighted by molar-refractivity contribution is 7.91. The van der Waals surface area contributed by atoms with Gasteiger partial charge in [-0.1, -0.05) is 25.5 Å². The lowest BCUT2D eigenvalue weighted by molar-refractivity contribution is -0.130. The molecule has 3 amide bonds. The molecular weight excluding hydrogens is 479 g/mol. The zero-order valence-corrected chi connectivity index (χ0v) is 20.1. The predicted molar refractivity (Wildman–Crippen MR) is 122 cm³/mol. The van der Waals surface area contributed by atoms with Crippen molar-refractivity contribution in [2.75, 3.05) is 6.54 Å². The number of carboxylic acid groups (broad SMARTS) is 1. The molecule has 1 aromatic carbocycles. The minimum Gasteiger partial charge on any atom is -0.465 e. The summed E-state index contributed by atoms with van der Waals surface area (Å²) in [7, 11) is -3.74. The maximum absolute atomic E-state index is 14.3. The van der Waals surface area contributed by atoms with E-state index in [2.05, 4.69) is 15.4 Å². The van der Waals surface area contributed by atoms with Gasteiger partial charge in [0.1, 0.15) is 11.4 Å². The van der Waals surface area contributed by atoms with Gasteiger partial charge >= 0.3 is 6.09 Å². The minimum absolute atomic E-state index is 0.0493. The van der Waals surface area contributed by atoms with Gasteiger partial charge in [-0.05, 0) is 49.1 Å². The number of hydrogen-bond acceptors (Lipinski definition) is 6. The van der Waals surface area contributed by atoms with Crippen LogP contribution in [0.3, 0.4) is 0 Å². The van der Waals surface area contributed by atoms with Crippen LogP contribution >= 0.6 is 0 Å². The highest BCUT2D eigenvalue weighted by Crippen LogP contribution is 2.47. The number of benzene rings is 1. The molecule has 2 heterocycles. The third-order valence-corrected chi connectivity index (χ3v) is 9.68. The molecule has 5 atom stereocenters. The summed E-state index contributed by atoms with van der Waals surface area (Å²) in [4.78, 5) is 39.2. The molecule has 2 aliphatic heterocycles. The molecule has 0 radical (unpaired) electrons. The fraction of sp³-hybridized carbons (Fsp3) is 0.609. The van der Waals surface area contributed by atoms with E-state index in [0.29, 0.717) is 49.8 Å². The molecule has 35 heavy (non-hydrogen) atoms. The topological polar surface area (TPSA) is 145 Å². The molecule has 0 aromatic heterocycles. The van der Waals surface area contributed by atoms with Crippen molar-refractivity contribution in [1.82, 2.24) is 20.3 Å². The maximum Gasteiger partial charge on any atom is 0.408 e. The fourth-order valence-electron chi connectivity index (χ4n) is 5.65. The molecule has 12 heteroatoms. The Hall–Kier alpha value is -2.73. The van der Waals surface area contributed by atoms with Crippen molar-refractivity contribution >= 4 is 27.9 Å². The zero-order valence-electron chi connectivity index (χ0n) is 19.3. The summed E-state index contributed by atoms with van der Waals surface area (Å²) >= 11 is 0. The van der Waals surface area contributed by atoms with E-state index in [1.54, 1.807) is 12.1 Å². The van der Waals surface area contributed by atoms with Crippen LogP contribution in [0.1, 0.15) is 56.2 Å². The predicted octanol–water partition coefficient (Wildman–Crippen LogP) is 1.23. The first-order valence-corrected chi connectivity index (χ1v) is 13.5. The van der Waals surface area contributed by atoms with E-state index >= 15 is 0 Å². The maximum atomic E-state index is 14.3. The normalized spacial score (nSPS) is 31.7. The number of fused-ring (bicyclic) bond motifs is 1. The number of sulfonamides is 1. The minimum atomic E-state index is -3.74. The average Bonchev–Trinajstić information content (AvgIpc) is 3.68. The monoisotopic (exact) mass is 508 g/mol. The molecule has 0 spiro atoms. The van der Waals surface area contributed by atoms with Gasteiger partial charge in [0, 0.05) is 12.1 Å². The summed E-state index contributed by atoms with van der Waals surface area (Å²) < 4.78 is 41.0. The molecule has 5 rings (SSSR count). The van der Waals surface area contributed by atoms with Crippen molar-refractivity contribution in [3.63, 3.8) is 0 Å². The van der Waals surface area contributed by atoms with Crippen molar-refractivity contribution < 1.29 is 32.3 Å². The summed E-state index contributed by atoms with van der Waals surface area (Å²) in [5.74, 6) is -2.01. The highest BCUT2D eigenvalue weighted by atomic mass is 32.2. The molecule has 3 fully saturated rings. The van der Waals surface area contributed by atoms with Crippen molar-refractivity contribution in [3.8, 4) is 0 Å². The molecule has 4 N–H and O–H groups in total. The van der Waals surface area contributed by atoms with Crippen LogP contribution in [0.4, 0.5) is 9.18 Å². The zero-order chi connectivity index (χ0) is 25.1. The average molecular weight is 509 g/mol. The van der Waals surface area contributed by atoms with E-state index < -0.39 is 56.6 Å². The summed E-state index contributed by atoms with van der Waals surface area (Å²) in [6, 6.07) is 3.30. The number of hydrogen-bond donors (Lipinski definition) is 4. The van der Waals surface area contributed by atoms with E-state index in [0.717, 1.165) is 0 Å². The van der Waals surface area contributed by atoms with Gasteiger partial charge in [-0.3, -0.25) is 19.2 Å². The van der Waals surface area contributed by atoms with Crippen LogP contribution in [0.25, 0.3) is 0 Å². The van der Waals surface area contributed by atoms with Gasteiger partial charge in [-0.25, -0.2) is 17.6 Å². The van der Waals surface area contributed by atoms with Gasteiger partial charge in [-0.15, -0.1) is 0 Å². The number of carbonyl (C=O) groups excluding carboxylic acids is 2. The Bertz CT molecular complexity index is 1190. The van der Waals surface area contributed by atoms with Gasteiger partial charge in [0.15, 0.2) is 0 Å². The van der Waals surface area contributed by atoms with E-state index in [4.69, 9.17) is 0 Å². The molecule has 1 aromatic rings. The Kier molecular flexibility index (Phi) is 5.78. The number of nitrogens with one attached hydrogen (secondary N) is 3. The van der Waals surface area contributed by atoms with E-state index in [1.165, 1.54) is 11.0 Å². The second kappa shape index (κ2) is 8.44. The lowest BCUT2D eigenvalue weighted by Gasteiger charge is -2.27. The van der Waals surface area contributed by atoms with Crippen LogP contribution in [0, 0.1) is 17.7 Å². The molecule has 2 aliphatic carbocycles. The Balaban J connectivity index is 1.29. The van der Waals surface area contributed by atoms with E-state index in [1.807, 2.05) is 6.92 Å². The molecule has 1 saturated heterocycles. The van der Waals surface area contributed by atoms with Crippen molar-refractivity contribution in [2.45, 2.75) is 68.4 Å². The number of amides is 3. The summed E-state index contributed by atoms with van der Waals surface area (Å²) in [6.45, 7) is 2.17. The summed E-state index contributed by atoms with van der Waals surface area (Å²) in [6.07, 6.45) is 1.15. The van der Waals surface area contributed by atoms with E-state index in [9.17, 15) is 32.3 Å². The standard InChI is InChI=1S/C23H29FN4O6S/c1-2-13-9-23(13,21(30)27-35(33,34)14-6-7-14)26-20(29)18-8-12(10-25-18)19-15-4-3-5-17(24)16(15)11-28(19)22(31)32/h3-5,12-14,18-19,25H,2,6-11H2,1H3,(H,26,29)(H,27,30)(H,31,32)/t12-,13-,18+,19?,23-/m1/s1. The first kappa shape index (κ1) is 24.0. The van der Waals surface area contributed by atoms with Crippen LogP contribution in [-0.4, -0.2) is 59.7 Å². The molecule has 10 nitrogen and oxygen atoms in total. The lowest BCUT2D eigenvalue weighted by atomic mass is 9.90. The number of rotatable bonds is 7. The summed E-state index contributed by atoms with van der Waals surface area (Å²) in [5, 5.41) is 15.1. The smallest absolute Gasteiger partial charge is 0.408 e. The largest absolute Gasteiger partial charge is 0.465 e. The van der Waals surface area contributed by atoms with Gasteiger partial charge < -0.3 is 15.7 Å². The number of halogens is 1. The van der Waals surface area contributed by atoms with E-state index in [-0.39, 0.29) is 18.4 Å². The first-order chi connectivity index (χ1) is 16.6. The Morgan fingerprint density at radius 3 is 2.66 bits per heavy atom. The van der Waals surface area contributed by atoms with Gasteiger partial charge in [-0.2, -0.15) is 0 Å². The third-order valence-electron chi connectivity index (χ3n) is 7.86. The number of carbonyl (C=O) groups is 3. The van der Waals surface area contributed by atoms with Crippen LogP contribution in [0.15, 0.2) is 18.2 Å². The molecule has 2 saturated carbocycles. The highest BCUT2D eigenvalue weighted by Gasteiger charge is 2.61. The second-order valence-electron chi connectivity index (χ2n) is 10.1. The molecule has 4 aliphatic rings. The van der Waals surface area contributed by atoms with Gasteiger partial charge in [0.2, 0.25) is 15.9 Å². The lowest BCUT2D eigenvalue weighted by Crippen LogP contribution is -2.55. The first-order valence-electron chi connectivity index (χ1n) is 12.0. The SMILES string of the molecule is CC[C@@H]1C[C@]1(NC(=O)[C@@H]1C[C@@H](C2c3cccc(F)c3CN2C(=O)O)CN1)C(=O)NS(=O)(=O)C1CC1. The second-order valence-corrected chi connectivity index (χ2v) is 12.0.